The number of β-amino-alcohol motifs (C(OH)–C–C–N with tert-alkyl or cyclic N) is 1. The van der Waals surface area contributed by atoms with Gasteiger partial charge in [0.05, 0.1) is 19.3 Å². The number of hydrogen-bond donors (Lipinski definition) is 1. The third kappa shape index (κ3) is 5.78. The third-order valence-corrected chi connectivity index (χ3v) is 5.04. The van der Waals surface area contributed by atoms with Gasteiger partial charge in [0.1, 0.15) is 0 Å². The quantitative estimate of drug-likeness (QED) is 0.792. The fourth-order valence-corrected chi connectivity index (χ4v) is 3.36. The van der Waals surface area contributed by atoms with Crippen LogP contribution >= 0.6 is 11.6 Å². The fourth-order valence-electron chi connectivity index (χ4n) is 3.17. The van der Waals surface area contributed by atoms with E-state index in [0.717, 1.165) is 24.2 Å². The van der Waals surface area contributed by atoms with Crippen molar-refractivity contribution >= 4 is 17.5 Å². The summed E-state index contributed by atoms with van der Waals surface area (Å²) in [6.45, 7) is 4.02. The van der Waals surface area contributed by atoms with Crippen LogP contribution in [0.5, 0.6) is 0 Å². The van der Waals surface area contributed by atoms with Gasteiger partial charge in [0, 0.05) is 43.3 Å². The van der Waals surface area contributed by atoms with Gasteiger partial charge in [0.25, 0.3) is 5.91 Å². The van der Waals surface area contributed by atoms with Crippen LogP contribution < -0.4 is 0 Å². The summed E-state index contributed by atoms with van der Waals surface area (Å²) in [5.74, 6) is 0.0684. The summed E-state index contributed by atoms with van der Waals surface area (Å²) in [6, 6.07) is 16.9. The molecule has 0 saturated carbocycles. The van der Waals surface area contributed by atoms with Crippen LogP contribution in [0.2, 0.25) is 5.02 Å². The molecule has 2 aromatic rings. The van der Waals surface area contributed by atoms with Crippen LogP contribution in [0, 0.1) is 0 Å². The number of rotatable bonds is 7. The van der Waals surface area contributed by atoms with E-state index in [9.17, 15) is 9.90 Å². The summed E-state index contributed by atoms with van der Waals surface area (Å²) in [4.78, 5) is 16.5. The van der Waals surface area contributed by atoms with E-state index in [1.165, 1.54) is 0 Å². The summed E-state index contributed by atoms with van der Waals surface area (Å²) in [6.07, 6.45) is -0.566. The van der Waals surface area contributed by atoms with Crippen molar-refractivity contribution < 1.29 is 14.6 Å². The van der Waals surface area contributed by atoms with Crippen molar-refractivity contribution in [3.05, 3.63) is 70.7 Å². The number of benzene rings is 2. The zero-order valence-electron chi connectivity index (χ0n) is 15.3. The van der Waals surface area contributed by atoms with Crippen LogP contribution in [-0.4, -0.2) is 66.2 Å². The standard InChI is InChI=1S/C21H25ClN2O3/c22-20-9-5-4-8-18(20)15-27-16-19(25)14-23-10-12-24(13-11-23)21(26)17-6-2-1-3-7-17/h1-9,19,25H,10-16H2. The summed E-state index contributed by atoms with van der Waals surface area (Å²) in [5.41, 5.74) is 1.64. The average Bonchev–Trinajstić information content (AvgIpc) is 2.70. The van der Waals surface area contributed by atoms with Crippen LogP contribution in [0.15, 0.2) is 54.6 Å². The lowest BCUT2D eigenvalue weighted by Crippen LogP contribution is -2.50. The molecule has 3 rings (SSSR count). The Hall–Kier alpha value is -1.92. The van der Waals surface area contributed by atoms with Crippen LogP contribution in [-0.2, 0) is 11.3 Å². The van der Waals surface area contributed by atoms with Crippen molar-refractivity contribution in [2.75, 3.05) is 39.3 Å². The van der Waals surface area contributed by atoms with Gasteiger partial charge in [-0.2, -0.15) is 0 Å². The molecule has 1 aliphatic rings. The highest BCUT2D eigenvalue weighted by molar-refractivity contribution is 6.31. The van der Waals surface area contributed by atoms with E-state index in [0.29, 0.717) is 31.3 Å². The first kappa shape index (κ1) is 19.8. The zero-order valence-corrected chi connectivity index (χ0v) is 16.0. The van der Waals surface area contributed by atoms with E-state index >= 15 is 0 Å². The molecule has 27 heavy (non-hydrogen) atoms. The minimum atomic E-state index is -0.566. The molecule has 0 radical (unpaired) electrons. The van der Waals surface area contributed by atoms with Crippen molar-refractivity contribution in [2.45, 2.75) is 12.7 Å². The van der Waals surface area contributed by atoms with Gasteiger partial charge < -0.3 is 14.7 Å². The van der Waals surface area contributed by atoms with E-state index in [1.807, 2.05) is 59.5 Å². The lowest BCUT2D eigenvalue weighted by atomic mass is 10.2. The molecule has 1 fully saturated rings. The second kappa shape index (κ2) is 9.85. The maximum Gasteiger partial charge on any atom is 0.253 e. The highest BCUT2D eigenvalue weighted by atomic mass is 35.5. The van der Waals surface area contributed by atoms with E-state index in [1.54, 1.807) is 0 Å². The lowest BCUT2D eigenvalue weighted by Gasteiger charge is -2.35. The largest absolute Gasteiger partial charge is 0.389 e. The Labute approximate surface area is 165 Å². The third-order valence-electron chi connectivity index (χ3n) is 4.67. The highest BCUT2D eigenvalue weighted by Gasteiger charge is 2.23. The number of aliphatic hydroxyl groups excluding tert-OH is 1. The van der Waals surface area contributed by atoms with Gasteiger partial charge in [-0.15, -0.1) is 0 Å². The van der Waals surface area contributed by atoms with Gasteiger partial charge in [-0.05, 0) is 23.8 Å². The number of halogens is 1. The zero-order chi connectivity index (χ0) is 19.1. The Kier molecular flexibility index (Phi) is 7.24. The first-order valence-electron chi connectivity index (χ1n) is 9.19. The summed E-state index contributed by atoms with van der Waals surface area (Å²) in [7, 11) is 0. The number of carbonyl (C=O) groups is 1. The van der Waals surface area contributed by atoms with Crippen molar-refractivity contribution in [1.29, 1.82) is 0 Å². The number of carbonyl (C=O) groups excluding carboxylic acids is 1. The summed E-state index contributed by atoms with van der Waals surface area (Å²) < 4.78 is 5.60. The van der Waals surface area contributed by atoms with Gasteiger partial charge in [0.15, 0.2) is 0 Å². The summed E-state index contributed by atoms with van der Waals surface area (Å²) >= 11 is 6.10. The SMILES string of the molecule is O=C(c1ccccc1)N1CCN(CC(O)COCc2ccccc2Cl)CC1. The van der Waals surface area contributed by atoms with Gasteiger partial charge in [-0.25, -0.2) is 0 Å². The molecule has 1 aliphatic heterocycles. The van der Waals surface area contributed by atoms with Crippen molar-refractivity contribution in [3.63, 3.8) is 0 Å². The normalized spacial score (nSPS) is 16.3. The molecule has 0 bridgehead atoms. The molecule has 1 unspecified atom stereocenters. The predicted octanol–water partition coefficient (Wildman–Crippen LogP) is 2.68. The molecule has 1 saturated heterocycles. The first-order valence-corrected chi connectivity index (χ1v) is 9.57. The van der Waals surface area contributed by atoms with Crippen LogP contribution in [0.25, 0.3) is 0 Å². The first-order chi connectivity index (χ1) is 13.1. The maximum absolute atomic E-state index is 12.5. The van der Waals surface area contributed by atoms with Gasteiger partial charge >= 0.3 is 0 Å². The minimum absolute atomic E-state index is 0.0684. The second-order valence-electron chi connectivity index (χ2n) is 6.72. The number of hydrogen-bond acceptors (Lipinski definition) is 4. The molecule has 1 N–H and O–H groups in total. The van der Waals surface area contributed by atoms with E-state index in [-0.39, 0.29) is 12.5 Å². The topological polar surface area (TPSA) is 53.0 Å². The highest BCUT2D eigenvalue weighted by Crippen LogP contribution is 2.16. The average molecular weight is 389 g/mol. The fraction of sp³-hybridized carbons (Fsp3) is 0.381. The lowest BCUT2D eigenvalue weighted by molar-refractivity contribution is 0.00207. The van der Waals surface area contributed by atoms with Gasteiger partial charge in [-0.3, -0.25) is 9.69 Å². The molecule has 1 atom stereocenters. The van der Waals surface area contributed by atoms with Crippen molar-refractivity contribution in [1.82, 2.24) is 9.80 Å². The number of aliphatic hydroxyl groups is 1. The number of ether oxygens (including phenoxy) is 1. The molecule has 1 amide bonds. The predicted molar refractivity (Wildman–Crippen MR) is 106 cm³/mol. The molecule has 144 valence electrons. The Morgan fingerprint density at radius 3 is 2.41 bits per heavy atom. The Bertz CT molecular complexity index is 733. The van der Waals surface area contributed by atoms with Crippen molar-refractivity contribution in [3.8, 4) is 0 Å². The molecule has 1 heterocycles. The number of piperazine rings is 1. The molecule has 0 aromatic heterocycles. The molecule has 6 heteroatoms. The molecule has 5 nitrogen and oxygen atoms in total. The van der Waals surface area contributed by atoms with E-state index in [2.05, 4.69) is 4.90 Å². The molecule has 0 aliphatic carbocycles. The minimum Gasteiger partial charge on any atom is -0.389 e. The van der Waals surface area contributed by atoms with Crippen LogP contribution in [0.1, 0.15) is 15.9 Å². The van der Waals surface area contributed by atoms with Crippen molar-refractivity contribution in [2.24, 2.45) is 0 Å². The smallest absolute Gasteiger partial charge is 0.253 e. The van der Waals surface area contributed by atoms with E-state index < -0.39 is 6.10 Å². The Morgan fingerprint density at radius 1 is 1.04 bits per heavy atom. The van der Waals surface area contributed by atoms with E-state index in [4.69, 9.17) is 16.3 Å². The molecule has 0 spiro atoms. The number of amides is 1. The summed E-state index contributed by atoms with van der Waals surface area (Å²) in [5, 5.41) is 10.9. The molecule has 2 aromatic carbocycles. The Morgan fingerprint density at radius 2 is 1.70 bits per heavy atom. The van der Waals surface area contributed by atoms with Crippen LogP contribution in [0.4, 0.5) is 0 Å². The molecular weight excluding hydrogens is 364 g/mol. The van der Waals surface area contributed by atoms with Crippen LogP contribution in [0.3, 0.4) is 0 Å². The molecular formula is C21H25ClN2O3. The monoisotopic (exact) mass is 388 g/mol. The number of nitrogens with zero attached hydrogens (tertiary/aromatic N) is 2. The van der Waals surface area contributed by atoms with Gasteiger partial charge in [-0.1, -0.05) is 48.0 Å². The van der Waals surface area contributed by atoms with Gasteiger partial charge in [0.2, 0.25) is 0 Å². The second-order valence-corrected chi connectivity index (χ2v) is 7.13. The Balaban J connectivity index is 1.37. The maximum atomic E-state index is 12.5.